The number of Topliss-reactive ketones (excluding diaryl/α,β-unsaturated/α-hetero) is 2. The lowest BCUT2D eigenvalue weighted by atomic mass is 9.78. The topological polar surface area (TPSA) is 118 Å². The normalized spacial score (nSPS) is 14.5. The molecule has 28 heavy (non-hydrogen) atoms. The summed E-state index contributed by atoms with van der Waals surface area (Å²) in [7, 11) is 1.18. The summed E-state index contributed by atoms with van der Waals surface area (Å²) in [5.74, 6) is -4.81. The molecule has 0 aromatic heterocycles. The van der Waals surface area contributed by atoms with Crippen molar-refractivity contribution in [2.75, 3.05) is 7.11 Å². The van der Waals surface area contributed by atoms with Gasteiger partial charge in [0.15, 0.2) is 0 Å². The number of aliphatic hydroxyl groups is 1. The summed E-state index contributed by atoms with van der Waals surface area (Å²) in [5, 5.41) is 19.8. The molecule has 142 valence electrons. The third kappa shape index (κ3) is 3.29. The Labute approximate surface area is 159 Å². The van der Waals surface area contributed by atoms with Crippen LogP contribution in [0.15, 0.2) is 54.1 Å². The van der Waals surface area contributed by atoms with Gasteiger partial charge in [0.1, 0.15) is 5.76 Å². The molecule has 0 saturated carbocycles. The predicted molar refractivity (Wildman–Crippen MR) is 98.1 cm³/mol. The molecule has 0 saturated heterocycles. The lowest BCUT2D eigenvalue weighted by Gasteiger charge is -2.24. The fourth-order valence-electron chi connectivity index (χ4n) is 3.20. The van der Waals surface area contributed by atoms with E-state index in [1.807, 2.05) is 0 Å². The lowest BCUT2D eigenvalue weighted by molar-refractivity contribution is -0.140. The van der Waals surface area contributed by atoms with Crippen LogP contribution in [0.4, 0.5) is 0 Å². The number of carboxylic acids is 1. The second-order valence-corrected chi connectivity index (χ2v) is 6.23. The van der Waals surface area contributed by atoms with Crippen molar-refractivity contribution in [3.8, 4) is 0 Å². The minimum atomic E-state index is -1.13. The first-order valence-electron chi connectivity index (χ1n) is 8.36. The van der Waals surface area contributed by atoms with E-state index >= 15 is 0 Å². The van der Waals surface area contributed by atoms with Crippen LogP contribution in [0.2, 0.25) is 0 Å². The van der Waals surface area contributed by atoms with E-state index < -0.39 is 29.4 Å². The van der Waals surface area contributed by atoms with E-state index in [-0.39, 0.29) is 34.4 Å². The van der Waals surface area contributed by atoms with Gasteiger partial charge in [0.25, 0.3) is 0 Å². The predicted octanol–water partition coefficient (Wildman–Crippen LogP) is 2.77. The van der Waals surface area contributed by atoms with Gasteiger partial charge in [0.05, 0.1) is 24.7 Å². The van der Waals surface area contributed by atoms with E-state index in [1.54, 1.807) is 12.1 Å². The van der Waals surface area contributed by atoms with Crippen LogP contribution in [0.3, 0.4) is 0 Å². The smallest absolute Gasteiger partial charge is 0.335 e. The number of esters is 1. The Kier molecular flexibility index (Phi) is 5.08. The number of ketones is 2. The van der Waals surface area contributed by atoms with Crippen LogP contribution in [-0.4, -0.2) is 40.8 Å². The van der Waals surface area contributed by atoms with Crippen molar-refractivity contribution in [1.82, 2.24) is 0 Å². The van der Waals surface area contributed by atoms with Gasteiger partial charge in [-0.3, -0.25) is 14.4 Å². The molecule has 0 bridgehead atoms. The number of allylic oxidation sites excluding steroid dienone is 1. The number of benzene rings is 2. The summed E-state index contributed by atoms with van der Waals surface area (Å²) in [5.41, 5.74) is 0.510. The monoisotopic (exact) mass is 380 g/mol. The van der Waals surface area contributed by atoms with Crippen molar-refractivity contribution >= 4 is 29.3 Å². The van der Waals surface area contributed by atoms with Gasteiger partial charge in [0.2, 0.25) is 11.6 Å². The van der Waals surface area contributed by atoms with E-state index in [0.717, 1.165) is 0 Å². The minimum Gasteiger partial charge on any atom is -0.507 e. The van der Waals surface area contributed by atoms with Gasteiger partial charge in [0, 0.05) is 17.0 Å². The van der Waals surface area contributed by atoms with Crippen LogP contribution in [0, 0.1) is 0 Å². The highest BCUT2D eigenvalue weighted by Crippen LogP contribution is 2.38. The van der Waals surface area contributed by atoms with Crippen molar-refractivity contribution in [3.05, 3.63) is 76.4 Å². The Hall–Kier alpha value is -3.74. The van der Waals surface area contributed by atoms with E-state index in [9.17, 15) is 24.3 Å². The zero-order valence-electron chi connectivity index (χ0n) is 14.8. The number of carbonyl (C=O) groups is 4. The number of aliphatic hydroxyl groups excluding tert-OH is 1. The van der Waals surface area contributed by atoms with Gasteiger partial charge in [-0.05, 0) is 17.7 Å². The standard InChI is InChI=1S/C21H16O7/c1-28-16(22)10-15(11-6-8-12(9-7-11)21(26)27)17-18(23)13-4-2-3-5-14(13)19(24)20(17)25/h2-9,15,23H,10H2,1H3,(H,26,27)/t15-/m1/s1. The summed E-state index contributed by atoms with van der Waals surface area (Å²) in [6.45, 7) is 0. The fraction of sp³-hybridized carbons (Fsp3) is 0.143. The molecule has 7 nitrogen and oxygen atoms in total. The molecule has 0 unspecified atom stereocenters. The summed E-state index contributed by atoms with van der Waals surface area (Å²) in [4.78, 5) is 48.3. The SMILES string of the molecule is COC(=O)C[C@@H](C1=C(O)c2ccccc2C(=O)C1=O)c1ccc(C(=O)O)cc1. The molecule has 0 spiro atoms. The van der Waals surface area contributed by atoms with Gasteiger partial charge in [-0.2, -0.15) is 0 Å². The molecule has 0 heterocycles. The van der Waals surface area contributed by atoms with Gasteiger partial charge in [-0.15, -0.1) is 0 Å². The quantitative estimate of drug-likeness (QED) is 0.605. The number of hydrogen-bond donors (Lipinski definition) is 2. The van der Waals surface area contributed by atoms with Gasteiger partial charge >= 0.3 is 11.9 Å². The second kappa shape index (κ2) is 7.48. The Morgan fingerprint density at radius 1 is 0.964 bits per heavy atom. The number of fused-ring (bicyclic) bond motifs is 1. The van der Waals surface area contributed by atoms with E-state index in [0.29, 0.717) is 5.56 Å². The molecular formula is C21H16O7. The first kappa shape index (κ1) is 19.0. The minimum absolute atomic E-state index is 0.0233. The van der Waals surface area contributed by atoms with Crippen molar-refractivity contribution in [2.24, 2.45) is 0 Å². The Morgan fingerprint density at radius 2 is 1.57 bits per heavy atom. The highest BCUT2D eigenvalue weighted by atomic mass is 16.5. The largest absolute Gasteiger partial charge is 0.507 e. The number of carboxylic acid groups (broad SMARTS) is 1. The molecule has 7 heteroatoms. The number of aromatic carboxylic acids is 1. The number of rotatable bonds is 5. The third-order valence-corrected chi connectivity index (χ3v) is 4.64. The number of carbonyl (C=O) groups excluding carboxylic acids is 3. The molecule has 3 rings (SSSR count). The summed E-state index contributed by atoms with van der Waals surface area (Å²) in [6, 6.07) is 11.7. The highest BCUT2D eigenvalue weighted by Gasteiger charge is 2.38. The Balaban J connectivity index is 2.17. The van der Waals surface area contributed by atoms with Crippen molar-refractivity contribution in [1.29, 1.82) is 0 Å². The highest BCUT2D eigenvalue weighted by molar-refractivity contribution is 6.52. The first-order valence-corrected chi connectivity index (χ1v) is 8.36. The zero-order chi connectivity index (χ0) is 20.4. The maximum atomic E-state index is 12.7. The van der Waals surface area contributed by atoms with E-state index in [2.05, 4.69) is 4.74 Å². The van der Waals surface area contributed by atoms with E-state index in [4.69, 9.17) is 5.11 Å². The number of methoxy groups -OCH3 is 1. The molecule has 1 aliphatic carbocycles. The first-order chi connectivity index (χ1) is 13.3. The van der Waals surface area contributed by atoms with Gasteiger partial charge in [-0.1, -0.05) is 36.4 Å². The van der Waals surface area contributed by atoms with Crippen LogP contribution in [0.1, 0.15) is 44.2 Å². The fourth-order valence-corrected chi connectivity index (χ4v) is 3.20. The van der Waals surface area contributed by atoms with Gasteiger partial charge < -0.3 is 14.9 Å². The van der Waals surface area contributed by atoms with Crippen LogP contribution in [0.25, 0.3) is 5.76 Å². The van der Waals surface area contributed by atoms with Crippen molar-refractivity contribution in [2.45, 2.75) is 12.3 Å². The van der Waals surface area contributed by atoms with Crippen LogP contribution < -0.4 is 0 Å². The van der Waals surface area contributed by atoms with Crippen molar-refractivity contribution in [3.63, 3.8) is 0 Å². The van der Waals surface area contributed by atoms with Gasteiger partial charge in [-0.25, -0.2) is 4.79 Å². The van der Waals surface area contributed by atoms with Crippen LogP contribution in [-0.2, 0) is 14.3 Å². The summed E-state index contributed by atoms with van der Waals surface area (Å²) >= 11 is 0. The maximum Gasteiger partial charge on any atom is 0.335 e. The summed E-state index contributed by atoms with van der Waals surface area (Å²) in [6.07, 6.45) is -0.302. The molecule has 0 amide bonds. The van der Waals surface area contributed by atoms with E-state index in [1.165, 1.54) is 43.5 Å². The molecule has 1 aliphatic rings. The molecule has 2 aromatic rings. The molecular weight excluding hydrogens is 364 g/mol. The Bertz CT molecular complexity index is 1020. The molecule has 2 aromatic carbocycles. The molecule has 2 N–H and O–H groups in total. The Morgan fingerprint density at radius 3 is 2.14 bits per heavy atom. The van der Waals surface area contributed by atoms with Crippen LogP contribution in [0.5, 0.6) is 0 Å². The molecule has 0 aliphatic heterocycles. The number of ether oxygens (including phenoxy) is 1. The molecule has 1 atom stereocenters. The zero-order valence-corrected chi connectivity index (χ0v) is 14.8. The summed E-state index contributed by atoms with van der Waals surface area (Å²) < 4.78 is 4.69. The van der Waals surface area contributed by atoms with Crippen molar-refractivity contribution < 1.29 is 34.1 Å². The second-order valence-electron chi connectivity index (χ2n) is 6.23. The third-order valence-electron chi connectivity index (χ3n) is 4.64. The molecule has 0 fully saturated rings. The van der Waals surface area contributed by atoms with Crippen LogP contribution >= 0.6 is 0 Å². The average molecular weight is 380 g/mol. The maximum absolute atomic E-state index is 12.7. The average Bonchev–Trinajstić information content (AvgIpc) is 2.71. The lowest BCUT2D eigenvalue weighted by Crippen LogP contribution is -2.28. The molecule has 0 radical (unpaired) electrons. The number of hydrogen-bond acceptors (Lipinski definition) is 6.